The first-order chi connectivity index (χ1) is 30.3. The van der Waals surface area contributed by atoms with Crippen LogP contribution >= 0.6 is 7.82 Å². The fraction of sp³-hybridized carbons (Fsp3) is 0.808. The Morgan fingerprint density at radius 1 is 0.484 bits per heavy atom. The number of nitrogens with two attached hydrogens (primary N) is 1. The average Bonchev–Trinajstić information content (AvgIpc) is 3.26. The first kappa shape index (κ1) is 60.0. The van der Waals surface area contributed by atoms with Gasteiger partial charge in [0.05, 0.1) is 13.2 Å². The maximum absolute atomic E-state index is 12.6. The molecule has 9 nitrogen and oxygen atoms in total. The Morgan fingerprint density at radius 2 is 0.855 bits per heavy atom. The quantitative estimate of drug-likeness (QED) is 0.0265. The maximum Gasteiger partial charge on any atom is 0.472 e. The van der Waals surface area contributed by atoms with E-state index >= 15 is 0 Å². The van der Waals surface area contributed by atoms with Crippen LogP contribution in [-0.4, -0.2) is 49.3 Å². The second kappa shape index (κ2) is 48.4. The van der Waals surface area contributed by atoms with Gasteiger partial charge in [-0.1, -0.05) is 223 Å². The topological polar surface area (TPSA) is 134 Å². The van der Waals surface area contributed by atoms with Crippen molar-refractivity contribution >= 4 is 19.8 Å². The zero-order valence-electron chi connectivity index (χ0n) is 40.1. The van der Waals surface area contributed by atoms with Gasteiger partial charge in [-0.3, -0.25) is 18.6 Å². The summed E-state index contributed by atoms with van der Waals surface area (Å²) in [6.07, 6.45) is 57.3. The van der Waals surface area contributed by atoms with Crippen molar-refractivity contribution in [1.82, 2.24) is 0 Å². The van der Waals surface area contributed by atoms with Crippen LogP contribution in [0.5, 0.6) is 0 Å². The first-order valence-corrected chi connectivity index (χ1v) is 27.1. The summed E-state index contributed by atoms with van der Waals surface area (Å²) >= 11 is 0. The zero-order valence-corrected chi connectivity index (χ0v) is 41.0. The number of unbranched alkanes of at least 4 members (excludes halogenated alkanes) is 27. The van der Waals surface area contributed by atoms with Gasteiger partial charge >= 0.3 is 19.8 Å². The lowest BCUT2D eigenvalue weighted by atomic mass is 10.0. The summed E-state index contributed by atoms with van der Waals surface area (Å²) in [6, 6.07) is 0. The smallest absolute Gasteiger partial charge is 0.462 e. The summed E-state index contributed by atoms with van der Waals surface area (Å²) < 4.78 is 32.9. The van der Waals surface area contributed by atoms with E-state index in [0.717, 1.165) is 38.5 Å². The van der Waals surface area contributed by atoms with Gasteiger partial charge in [0, 0.05) is 19.4 Å². The molecule has 0 radical (unpaired) electrons. The van der Waals surface area contributed by atoms with Gasteiger partial charge < -0.3 is 20.1 Å². The van der Waals surface area contributed by atoms with Crippen molar-refractivity contribution in [2.45, 2.75) is 245 Å². The molecule has 62 heavy (non-hydrogen) atoms. The molecule has 0 aromatic rings. The van der Waals surface area contributed by atoms with Gasteiger partial charge in [-0.25, -0.2) is 4.57 Å². The Kier molecular flexibility index (Phi) is 46.8. The van der Waals surface area contributed by atoms with Crippen LogP contribution < -0.4 is 5.73 Å². The number of allylic oxidation sites excluding steroid dienone is 8. The Hall–Kier alpha value is -2.03. The van der Waals surface area contributed by atoms with E-state index in [4.69, 9.17) is 24.3 Å². The number of carbonyl (C=O) groups excluding carboxylic acids is 2. The summed E-state index contributed by atoms with van der Waals surface area (Å²) in [5.41, 5.74) is 5.36. The molecule has 0 saturated carbocycles. The largest absolute Gasteiger partial charge is 0.472 e. The van der Waals surface area contributed by atoms with E-state index in [0.29, 0.717) is 12.8 Å². The minimum absolute atomic E-state index is 0.0447. The van der Waals surface area contributed by atoms with Crippen LogP contribution in [0.1, 0.15) is 239 Å². The first-order valence-electron chi connectivity index (χ1n) is 25.6. The number of phosphoric acid groups is 1. The molecule has 0 aromatic heterocycles. The lowest BCUT2D eigenvalue weighted by Gasteiger charge is -2.19. The third-order valence-electron chi connectivity index (χ3n) is 11.0. The number of phosphoric ester groups is 1. The fourth-order valence-corrected chi connectivity index (χ4v) is 7.92. The molecular formula is C52H96NO8P. The monoisotopic (exact) mass is 894 g/mol. The summed E-state index contributed by atoms with van der Waals surface area (Å²) in [5.74, 6) is -0.885. The van der Waals surface area contributed by atoms with Crippen LogP contribution in [0.25, 0.3) is 0 Å². The molecule has 0 bridgehead atoms. The molecule has 0 aliphatic carbocycles. The van der Waals surface area contributed by atoms with Crippen molar-refractivity contribution in [3.63, 3.8) is 0 Å². The van der Waals surface area contributed by atoms with Crippen LogP contribution in [0.2, 0.25) is 0 Å². The SMILES string of the molecule is CCCCCCCCC/C=C/C/C=C/C/C=C/C/C=C/CCCC(=O)O[C@H](COC(=O)CCCCCCCCCCCCCCCCCCCCCC)COP(=O)(O)OCCN. The van der Waals surface area contributed by atoms with Crippen LogP contribution in [0.15, 0.2) is 48.6 Å². The minimum Gasteiger partial charge on any atom is -0.462 e. The molecule has 0 aromatic carbocycles. The molecule has 0 saturated heterocycles. The molecule has 3 N–H and O–H groups in total. The molecule has 0 fully saturated rings. The van der Waals surface area contributed by atoms with Gasteiger partial charge in [0.1, 0.15) is 6.61 Å². The Morgan fingerprint density at radius 3 is 1.29 bits per heavy atom. The molecule has 0 rings (SSSR count). The van der Waals surface area contributed by atoms with Crippen molar-refractivity contribution in [3.8, 4) is 0 Å². The highest BCUT2D eigenvalue weighted by Crippen LogP contribution is 2.43. The van der Waals surface area contributed by atoms with Crippen LogP contribution in [0.3, 0.4) is 0 Å². The predicted molar refractivity (Wildman–Crippen MR) is 261 cm³/mol. The van der Waals surface area contributed by atoms with Crippen LogP contribution in [0, 0.1) is 0 Å². The lowest BCUT2D eigenvalue weighted by Crippen LogP contribution is -2.29. The van der Waals surface area contributed by atoms with Gasteiger partial charge in [0.2, 0.25) is 0 Å². The van der Waals surface area contributed by atoms with Gasteiger partial charge in [-0.15, -0.1) is 0 Å². The standard InChI is InChI=1S/C52H96NO8P/c1-3-5-7-9-11-13-15-17-19-21-23-25-27-29-31-33-35-37-39-41-43-45-52(55)61-50(49-60-62(56,57)59-47-46-53)48-58-51(54)44-42-40-38-36-34-32-30-28-26-24-22-20-18-16-14-12-10-8-6-4-2/h19,21,25,27,31,33,37,39,50H,3-18,20,22-24,26,28-30,32,34-36,38,40-49,53H2,1-2H3,(H,56,57)/b21-19+,27-25+,33-31+,39-37+/t50-/m1/s1. The van der Waals surface area contributed by atoms with E-state index < -0.39 is 32.5 Å². The molecular weight excluding hydrogens is 798 g/mol. The van der Waals surface area contributed by atoms with Gasteiger partial charge in [0.15, 0.2) is 6.10 Å². The molecule has 0 spiro atoms. The molecule has 2 atom stereocenters. The van der Waals surface area contributed by atoms with E-state index in [9.17, 15) is 19.0 Å². The van der Waals surface area contributed by atoms with Crippen molar-refractivity contribution in [2.75, 3.05) is 26.4 Å². The Balaban J connectivity index is 4.13. The average molecular weight is 894 g/mol. The lowest BCUT2D eigenvalue weighted by molar-refractivity contribution is -0.161. The maximum atomic E-state index is 12.6. The highest BCUT2D eigenvalue weighted by atomic mass is 31.2. The number of hydrogen-bond donors (Lipinski definition) is 2. The highest BCUT2D eigenvalue weighted by molar-refractivity contribution is 7.47. The third-order valence-corrected chi connectivity index (χ3v) is 12.0. The van der Waals surface area contributed by atoms with Crippen LogP contribution in [-0.2, 0) is 32.7 Å². The molecule has 0 aliphatic heterocycles. The molecule has 0 amide bonds. The summed E-state index contributed by atoms with van der Waals surface area (Å²) in [4.78, 5) is 35.0. The highest BCUT2D eigenvalue weighted by Gasteiger charge is 2.26. The Bertz CT molecular complexity index is 1160. The van der Waals surface area contributed by atoms with Crippen LogP contribution in [0.4, 0.5) is 0 Å². The van der Waals surface area contributed by atoms with Gasteiger partial charge in [0.25, 0.3) is 0 Å². The number of carbonyl (C=O) groups is 2. The van der Waals surface area contributed by atoms with E-state index in [-0.39, 0.29) is 32.6 Å². The number of hydrogen-bond acceptors (Lipinski definition) is 8. The molecule has 10 heteroatoms. The van der Waals surface area contributed by atoms with E-state index in [2.05, 4.69) is 56.4 Å². The Labute approximate surface area is 381 Å². The summed E-state index contributed by atoms with van der Waals surface area (Å²) in [5, 5.41) is 0. The number of esters is 2. The van der Waals surface area contributed by atoms with Crippen molar-refractivity contribution in [3.05, 3.63) is 48.6 Å². The van der Waals surface area contributed by atoms with Gasteiger partial charge in [-0.2, -0.15) is 0 Å². The van der Waals surface area contributed by atoms with Crippen molar-refractivity contribution in [1.29, 1.82) is 0 Å². The second-order valence-corrected chi connectivity index (χ2v) is 18.5. The fourth-order valence-electron chi connectivity index (χ4n) is 7.16. The minimum atomic E-state index is -4.40. The summed E-state index contributed by atoms with van der Waals surface area (Å²) in [6.45, 7) is 3.70. The zero-order chi connectivity index (χ0) is 45.3. The molecule has 1 unspecified atom stereocenters. The normalized spacial score (nSPS) is 13.5. The number of ether oxygens (including phenoxy) is 2. The second-order valence-electron chi connectivity index (χ2n) is 17.0. The van der Waals surface area contributed by atoms with E-state index in [1.807, 2.05) is 6.08 Å². The van der Waals surface area contributed by atoms with Crippen molar-refractivity contribution in [2.24, 2.45) is 5.73 Å². The molecule has 0 aliphatic rings. The molecule has 0 heterocycles. The van der Waals surface area contributed by atoms with E-state index in [1.165, 1.54) is 161 Å². The third kappa shape index (κ3) is 47.4. The summed E-state index contributed by atoms with van der Waals surface area (Å²) in [7, 11) is -4.40. The van der Waals surface area contributed by atoms with Crippen molar-refractivity contribution < 1.29 is 37.6 Å². The predicted octanol–water partition coefficient (Wildman–Crippen LogP) is 15.5. The van der Waals surface area contributed by atoms with Gasteiger partial charge in [-0.05, 0) is 51.4 Å². The number of rotatable bonds is 48. The molecule has 362 valence electrons. The van der Waals surface area contributed by atoms with E-state index in [1.54, 1.807) is 0 Å².